The van der Waals surface area contributed by atoms with Crippen molar-refractivity contribution in [1.29, 1.82) is 0 Å². The summed E-state index contributed by atoms with van der Waals surface area (Å²) < 4.78 is 0. The molecule has 1 aromatic carbocycles. The van der Waals surface area contributed by atoms with Crippen molar-refractivity contribution in [3.05, 3.63) is 30.3 Å². The molecule has 0 radical (unpaired) electrons. The third-order valence-electron chi connectivity index (χ3n) is 1.49. The van der Waals surface area contributed by atoms with Gasteiger partial charge in [0, 0.05) is 11.4 Å². The van der Waals surface area contributed by atoms with Gasteiger partial charge in [-0.2, -0.15) is 4.83 Å². The predicted molar refractivity (Wildman–Crippen MR) is 59.3 cm³/mol. The van der Waals surface area contributed by atoms with Crippen LogP contribution in [0.5, 0.6) is 0 Å². The fraction of sp³-hybridized carbons (Fsp3) is 0.333. The van der Waals surface area contributed by atoms with E-state index in [0.29, 0.717) is 0 Å². The van der Waals surface area contributed by atoms with Gasteiger partial charge < -0.3 is 11.2 Å². The van der Waals surface area contributed by atoms with Crippen molar-refractivity contribution in [1.82, 2.24) is 4.83 Å². The maximum atomic E-state index is 5.36. The molecule has 0 aromatic heterocycles. The molecule has 3 nitrogen and oxygen atoms in total. The number of anilines is 1. The van der Waals surface area contributed by atoms with Crippen molar-refractivity contribution in [3.8, 4) is 0 Å². The van der Waals surface area contributed by atoms with E-state index >= 15 is 0 Å². The minimum atomic E-state index is 0.750. The highest BCUT2D eigenvalue weighted by atomic mass is 32.2. The van der Waals surface area contributed by atoms with Crippen LogP contribution in [0.15, 0.2) is 30.3 Å². The van der Waals surface area contributed by atoms with Crippen LogP contribution in [0, 0.1) is 0 Å². The first-order chi connectivity index (χ1) is 6.43. The molecule has 0 spiro atoms. The number of para-hydroxylation sites is 1. The van der Waals surface area contributed by atoms with E-state index in [4.69, 9.17) is 5.73 Å². The van der Waals surface area contributed by atoms with Gasteiger partial charge in [0.05, 0.1) is 0 Å². The number of hydrogen-bond donors (Lipinski definition) is 3. The molecule has 72 valence electrons. The van der Waals surface area contributed by atoms with Crippen LogP contribution in [0.1, 0.15) is 6.42 Å². The molecule has 0 saturated heterocycles. The van der Waals surface area contributed by atoms with E-state index in [1.54, 1.807) is 11.9 Å². The van der Waals surface area contributed by atoms with Gasteiger partial charge in [0.25, 0.3) is 0 Å². The van der Waals surface area contributed by atoms with Crippen LogP contribution in [0.25, 0.3) is 0 Å². The van der Waals surface area contributed by atoms with Gasteiger partial charge >= 0.3 is 0 Å². The van der Waals surface area contributed by atoms with Crippen LogP contribution >= 0.6 is 11.9 Å². The molecular weight excluding hydrogens is 182 g/mol. The second kappa shape index (κ2) is 6.77. The number of hydrogen-bond acceptors (Lipinski definition) is 4. The van der Waals surface area contributed by atoms with E-state index in [-0.39, 0.29) is 0 Å². The summed E-state index contributed by atoms with van der Waals surface area (Å²) in [6.45, 7) is 0.750. The van der Waals surface area contributed by atoms with Crippen molar-refractivity contribution >= 4 is 17.6 Å². The highest BCUT2D eigenvalue weighted by Gasteiger charge is 1.88. The Balaban J connectivity index is 2.07. The van der Waals surface area contributed by atoms with Crippen LogP contribution in [0.2, 0.25) is 0 Å². The van der Waals surface area contributed by atoms with E-state index in [1.165, 1.54) is 0 Å². The molecule has 0 bridgehead atoms. The first kappa shape index (κ1) is 10.4. The molecule has 0 heterocycles. The first-order valence-corrected chi connectivity index (χ1v) is 5.30. The maximum absolute atomic E-state index is 5.36. The smallest absolute Gasteiger partial charge is 0.0496 e. The minimum absolute atomic E-state index is 0.750. The maximum Gasteiger partial charge on any atom is 0.0496 e. The highest BCUT2D eigenvalue weighted by Crippen LogP contribution is 2.04. The average molecular weight is 197 g/mol. The molecule has 0 atom stereocenters. The lowest BCUT2D eigenvalue weighted by Gasteiger charge is -2.06. The van der Waals surface area contributed by atoms with Crippen molar-refractivity contribution in [2.75, 3.05) is 17.7 Å². The molecule has 1 rings (SSSR count). The molecule has 0 amide bonds. The molecule has 0 aliphatic rings. The zero-order valence-corrected chi connectivity index (χ0v) is 8.31. The Morgan fingerprint density at radius 1 is 1.23 bits per heavy atom. The first-order valence-electron chi connectivity index (χ1n) is 4.31. The van der Waals surface area contributed by atoms with Gasteiger partial charge in [0.1, 0.15) is 0 Å². The van der Waals surface area contributed by atoms with Gasteiger partial charge in [0.2, 0.25) is 0 Å². The third-order valence-corrected chi connectivity index (χ3v) is 2.23. The monoisotopic (exact) mass is 197 g/mol. The van der Waals surface area contributed by atoms with Crippen LogP contribution < -0.4 is 16.0 Å². The summed E-state index contributed by atoms with van der Waals surface area (Å²) in [5, 5.41) is 0. The summed E-state index contributed by atoms with van der Waals surface area (Å²) in [6.07, 6.45) is 1.04. The molecule has 0 aliphatic carbocycles. The third kappa shape index (κ3) is 4.77. The second-order valence-electron chi connectivity index (χ2n) is 2.58. The molecule has 4 N–H and O–H groups in total. The van der Waals surface area contributed by atoms with Gasteiger partial charge in [-0.3, -0.25) is 0 Å². The summed E-state index contributed by atoms with van der Waals surface area (Å²) in [5.41, 5.74) is 9.51. The van der Waals surface area contributed by atoms with Crippen molar-refractivity contribution in [3.63, 3.8) is 0 Å². The summed E-state index contributed by atoms with van der Waals surface area (Å²) in [6, 6.07) is 10.0. The van der Waals surface area contributed by atoms with Gasteiger partial charge in [-0.25, -0.2) is 0 Å². The zero-order valence-electron chi connectivity index (χ0n) is 7.49. The number of hydrazine groups is 1. The predicted octanol–water partition coefficient (Wildman–Crippen LogP) is 1.60. The largest absolute Gasteiger partial charge is 0.330 e. The van der Waals surface area contributed by atoms with E-state index in [2.05, 4.69) is 10.3 Å². The Morgan fingerprint density at radius 2 is 2.00 bits per heavy atom. The SMILES string of the molecule is NCCCSNNc1ccccc1. The van der Waals surface area contributed by atoms with Crippen LogP contribution in [-0.4, -0.2) is 12.3 Å². The van der Waals surface area contributed by atoms with Gasteiger partial charge in [-0.05, 0) is 25.1 Å². The van der Waals surface area contributed by atoms with Crippen LogP contribution in [0.3, 0.4) is 0 Å². The topological polar surface area (TPSA) is 50.1 Å². The molecule has 13 heavy (non-hydrogen) atoms. The van der Waals surface area contributed by atoms with E-state index in [9.17, 15) is 0 Å². The van der Waals surface area contributed by atoms with Gasteiger partial charge in [-0.1, -0.05) is 30.1 Å². The molecule has 0 unspecified atom stereocenters. The number of rotatable bonds is 6. The molecule has 0 aliphatic heterocycles. The Bertz CT molecular complexity index is 215. The molecule has 0 saturated carbocycles. The molecule has 1 aromatic rings. The zero-order chi connectivity index (χ0) is 9.36. The molecular formula is C9H15N3S. The lowest BCUT2D eigenvalue weighted by atomic mass is 10.3. The quantitative estimate of drug-likeness (QED) is 0.368. The normalized spacial score (nSPS) is 9.92. The van der Waals surface area contributed by atoms with E-state index in [0.717, 1.165) is 24.4 Å². The number of benzene rings is 1. The fourth-order valence-electron chi connectivity index (χ4n) is 0.823. The summed E-state index contributed by atoms with van der Waals surface area (Å²) in [7, 11) is 0. The van der Waals surface area contributed by atoms with Crippen LogP contribution in [-0.2, 0) is 0 Å². The lowest BCUT2D eigenvalue weighted by molar-refractivity contribution is 0.940. The molecule has 4 heteroatoms. The van der Waals surface area contributed by atoms with Crippen molar-refractivity contribution in [2.24, 2.45) is 5.73 Å². The number of nitrogens with one attached hydrogen (secondary N) is 2. The van der Waals surface area contributed by atoms with E-state index in [1.807, 2.05) is 30.3 Å². The Labute approximate surface area is 83.2 Å². The van der Waals surface area contributed by atoms with E-state index < -0.39 is 0 Å². The fourth-order valence-corrected chi connectivity index (χ4v) is 1.43. The van der Waals surface area contributed by atoms with Crippen molar-refractivity contribution < 1.29 is 0 Å². The lowest BCUT2D eigenvalue weighted by Crippen LogP contribution is -2.14. The summed E-state index contributed by atoms with van der Waals surface area (Å²) in [4.78, 5) is 3.05. The Kier molecular flexibility index (Phi) is 5.40. The number of nitrogens with two attached hydrogens (primary N) is 1. The Morgan fingerprint density at radius 3 is 2.69 bits per heavy atom. The standard InChI is InChI=1S/C9H15N3S/c10-7-4-8-13-12-11-9-5-2-1-3-6-9/h1-3,5-6,11-12H,4,7-8,10H2. The highest BCUT2D eigenvalue weighted by molar-refractivity contribution is 7.97. The van der Waals surface area contributed by atoms with Gasteiger partial charge in [-0.15, -0.1) is 0 Å². The van der Waals surface area contributed by atoms with Crippen LogP contribution in [0.4, 0.5) is 5.69 Å². The van der Waals surface area contributed by atoms with Crippen molar-refractivity contribution in [2.45, 2.75) is 6.42 Å². The molecule has 0 fully saturated rings. The minimum Gasteiger partial charge on any atom is -0.330 e. The van der Waals surface area contributed by atoms with Gasteiger partial charge in [0.15, 0.2) is 0 Å². The Hall–Kier alpha value is -0.710. The summed E-state index contributed by atoms with van der Waals surface area (Å²) >= 11 is 1.63. The second-order valence-corrected chi connectivity index (χ2v) is 3.48. The average Bonchev–Trinajstić information content (AvgIpc) is 2.19. The summed E-state index contributed by atoms with van der Waals surface area (Å²) in [5.74, 6) is 1.02.